The SMILES string of the molecule is COC1CN(CCC(C)(C#N)NC(C)C)CCC1C. The van der Waals surface area contributed by atoms with Gasteiger partial charge in [0, 0.05) is 26.2 Å². The van der Waals surface area contributed by atoms with E-state index < -0.39 is 5.54 Å². The molecule has 1 aliphatic heterocycles. The lowest BCUT2D eigenvalue weighted by Crippen LogP contribution is -2.49. The number of methoxy groups -OCH3 is 1. The fourth-order valence-corrected chi connectivity index (χ4v) is 2.79. The molecule has 1 fully saturated rings. The van der Waals surface area contributed by atoms with Crippen LogP contribution in [0.5, 0.6) is 0 Å². The molecular weight excluding hydrogens is 238 g/mol. The molecule has 4 heteroatoms. The van der Waals surface area contributed by atoms with Gasteiger partial charge in [-0.15, -0.1) is 0 Å². The lowest BCUT2D eigenvalue weighted by atomic mass is 9.94. The summed E-state index contributed by atoms with van der Waals surface area (Å²) < 4.78 is 5.53. The Kier molecular flexibility index (Phi) is 6.25. The third-order valence-corrected chi connectivity index (χ3v) is 4.06. The fraction of sp³-hybridized carbons (Fsp3) is 0.933. The quantitative estimate of drug-likeness (QED) is 0.800. The van der Waals surface area contributed by atoms with E-state index in [2.05, 4.69) is 37.1 Å². The van der Waals surface area contributed by atoms with Gasteiger partial charge in [-0.25, -0.2) is 0 Å². The van der Waals surface area contributed by atoms with Crippen LogP contribution in [0.15, 0.2) is 0 Å². The van der Waals surface area contributed by atoms with Gasteiger partial charge in [0.15, 0.2) is 0 Å². The van der Waals surface area contributed by atoms with Gasteiger partial charge in [0.05, 0.1) is 12.2 Å². The van der Waals surface area contributed by atoms with E-state index in [0.29, 0.717) is 18.1 Å². The van der Waals surface area contributed by atoms with Gasteiger partial charge < -0.3 is 9.64 Å². The molecule has 0 spiro atoms. The van der Waals surface area contributed by atoms with Crippen molar-refractivity contribution >= 4 is 0 Å². The molecule has 1 aliphatic rings. The number of likely N-dealkylation sites (tertiary alicyclic amines) is 1. The van der Waals surface area contributed by atoms with E-state index >= 15 is 0 Å². The molecule has 1 saturated heterocycles. The second-order valence-corrected chi connectivity index (χ2v) is 6.33. The Morgan fingerprint density at radius 3 is 2.74 bits per heavy atom. The minimum absolute atomic E-state index is 0.331. The zero-order valence-electron chi connectivity index (χ0n) is 13.1. The normalized spacial score (nSPS) is 28.1. The molecule has 19 heavy (non-hydrogen) atoms. The van der Waals surface area contributed by atoms with Crippen LogP contribution in [0.1, 0.15) is 40.5 Å². The fourth-order valence-electron chi connectivity index (χ4n) is 2.79. The average Bonchev–Trinajstić information content (AvgIpc) is 2.37. The number of ether oxygens (including phenoxy) is 1. The van der Waals surface area contributed by atoms with Gasteiger partial charge in [-0.1, -0.05) is 6.92 Å². The molecule has 0 saturated carbocycles. The number of nitrogens with one attached hydrogen (secondary N) is 1. The highest BCUT2D eigenvalue weighted by atomic mass is 16.5. The Labute approximate surface area is 118 Å². The Hall–Kier alpha value is -0.630. The minimum atomic E-state index is -0.431. The molecule has 3 atom stereocenters. The van der Waals surface area contributed by atoms with Crippen LogP contribution in [0.3, 0.4) is 0 Å². The van der Waals surface area contributed by atoms with Crippen LogP contribution >= 0.6 is 0 Å². The van der Waals surface area contributed by atoms with Crippen LogP contribution in [-0.4, -0.2) is 49.3 Å². The van der Waals surface area contributed by atoms with Crippen LogP contribution in [-0.2, 0) is 4.74 Å². The predicted octanol–water partition coefficient (Wildman–Crippen LogP) is 2.01. The first-order valence-corrected chi connectivity index (χ1v) is 7.34. The zero-order chi connectivity index (χ0) is 14.5. The van der Waals surface area contributed by atoms with Gasteiger partial charge in [0.1, 0.15) is 5.54 Å². The molecule has 0 aliphatic carbocycles. The summed E-state index contributed by atoms with van der Waals surface area (Å²) in [6, 6.07) is 2.75. The van der Waals surface area contributed by atoms with Gasteiger partial charge in [-0.2, -0.15) is 5.26 Å². The van der Waals surface area contributed by atoms with Crippen molar-refractivity contribution in [3.05, 3.63) is 0 Å². The van der Waals surface area contributed by atoms with Crippen molar-refractivity contribution in [2.75, 3.05) is 26.7 Å². The van der Waals surface area contributed by atoms with E-state index in [4.69, 9.17) is 4.74 Å². The molecule has 1 rings (SSSR count). The van der Waals surface area contributed by atoms with Crippen molar-refractivity contribution < 1.29 is 4.74 Å². The molecule has 110 valence electrons. The lowest BCUT2D eigenvalue weighted by Gasteiger charge is -2.37. The lowest BCUT2D eigenvalue weighted by molar-refractivity contribution is -0.00642. The molecule has 3 unspecified atom stereocenters. The molecule has 0 amide bonds. The molecule has 0 aromatic heterocycles. The van der Waals surface area contributed by atoms with Gasteiger partial charge in [0.25, 0.3) is 0 Å². The molecular formula is C15H29N3O. The maximum atomic E-state index is 9.35. The maximum absolute atomic E-state index is 9.35. The number of hydrogen-bond donors (Lipinski definition) is 1. The Bertz CT molecular complexity index is 313. The summed E-state index contributed by atoms with van der Waals surface area (Å²) in [5.41, 5.74) is -0.431. The topological polar surface area (TPSA) is 48.3 Å². The molecule has 0 bridgehead atoms. The summed E-state index contributed by atoms with van der Waals surface area (Å²) in [6.07, 6.45) is 2.37. The summed E-state index contributed by atoms with van der Waals surface area (Å²) in [7, 11) is 1.80. The van der Waals surface area contributed by atoms with Gasteiger partial charge >= 0.3 is 0 Å². The Morgan fingerprint density at radius 2 is 2.21 bits per heavy atom. The van der Waals surface area contributed by atoms with Crippen LogP contribution in [0, 0.1) is 17.2 Å². The summed E-state index contributed by atoms with van der Waals surface area (Å²) in [5, 5.41) is 12.7. The molecule has 4 nitrogen and oxygen atoms in total. The minimum Gasteiger partial charge on any atom is -0.380 e. The third kappa shape index (κ3) is 5.10. The Balaban J connectivity index is 2.45. The first-order valence-electron chi connectivity index (χ1n) is 7.34. The highest BCUT2D eigenvalue weighted by Crippen LogP contribution is 2.20. The first-order chi connectivity index (χ1) is 8.90. The average molecular weight is 267 g/mol. The van der Waals surface area contributed by atoms with Crippen molar-refractivity contribution in [3.63, 3.8) is 0 Å². The van der Waals surface area contributed by atoms with Crippen molar-refractivity contribution in [3.8, 4) is 6.07 Å². The number of nitrogens with zero attached hydrogens (tertiary/aromatic N) is 2. The number of nitriles is 1. The summed E-state index contributed by atoms with van der Waals surface area (Å²) >= 11 is 0. The van der Waals surface area contributed by atoms with E-state index in [-0.39, 0.29) is 0 Å². The van der Waals surface area contributed by atoms with Gasteiger partial charge in [-0.05, 0) is 46.1 Å². The zero-order valence-corrected chi connectivity index (χ0v) is 13.1. The maximum Gasteiger partial charge on any atom is 0.105 e. The van der Waals surface area contributed by atoms with Gasteiger partial charge in [-0.3, -0.25) is 5.32 Å². The molecule has 0 aromatic carbocycles. The Morgan fingerprint density at radius 1 is 1.53 bits per heavy atom. The highest BCUT2D eigenvalue weighted by molar-refractivity contribution is 5.04. The van der Waals surface area contributed by atoms with Crippen LogP contribution in [0.2, 0.25) is 0 Å². The number of piperidine rings is 1. The van der Waals surface area contributed by atoms with Crippen molar-refractivity contribution in [1.29, 1.82) is 5.26 Å². The van der Waals surface area contributed by atoms with E-state index in [0.717, 1.165) is 26.1 Å². The number of hydrogen-bond acceptors (Lipinski definition) is 4. The second kappa shape index (κ2) is 7.23. The van der Waals surface area contributed by atoms with E-state index in [1.165, 1.54) is 6.42 Å². The van der Waals surface area contributed by atoms with Crippen molar-refractivity contribution in [2.45, 2.75) is 58.2 Å². The molecule has 1 N–H and O–H groups in total. The van der Waals surface area contributed by atoms with Crippen molar-refractivity contribution in [1.82, 2.24) is 10.2 Å². The highest BCUT2D eigenvalue weighted by Gasteiger charge is 2.29. The van der Waals surface area contributed by atoms with E-state index in [1.807, 2.05) is 6.92 Å². The third-order valence-electron chi connectivity index (χ3n) is 4.06. The number of rotatable bonds is 6. The van der Waals surface area contributed by atoms with E-state index in [1.54, 1.807) is 7.11 Å². The molecule has 1 heterocycles. The van der Waals surface area contributed by atoms with E-state index in [9.17, 15) is 5.26 Å². The smallest absolute Gasteiger partial charge is 0.105 e. The van der Waals surface area contributed by atoms with Crippen LogP contribution in [0.4, 0.5) is 0 Å². The monoisotopic (exact) mass is 267 g/mol. The second-order valence-electron chi connectivity index (χ2n) is 6.33. The van der Waals surface area contributed by atoms with Crippen molar-refractivity contribution in [2.24, 2.45) is 5.92 Å². The largest absolute Gasteiger partial charge is 0.380 e. The first kappa shape index (κ1) is 16.4. The molecule has 0 radical (unpaired) electrons. The summed E-state index contributed by atoms with van der Waals surface area (Å²) in [4.78, 5) is 2.42. The van der Waals surface area contributed by atoms with Crippen LogP contribution < -0.4 is 5.32 Å². The standard InChI is InChI=1S/C15H29N3O/c1-12(2)17-15(4,11-16)7-9-18-8-6-13(3)14(10-18)19-5/h12-14,17H,6-10H2,1-5H3. The molecule has 0 aromatic rings. The summed E-state index contributed by atoms with van der Waals surface area (Å²) in [5.74, 6) is 0.636. The predicted molar refractivity (Wildman–Crippen MR) is 77.9 cm³/mol. The van der Waals surface area contributed by atoms with Crippen LogP contribution in [0.25, 0.3) is 0 Å². The summed E-state index contributed by atoms with van der Waals surface area (Å²) in [6.45, 7) is 11.5. The van der Waals surface area contributed by atoms with Gasteiger partial charge in [0.2, 0.25) is 0 Å².